The highest BCUT2D eigenvalue weighted by atomic mass is 32.2. The van der Waals surface area contributed by atoms with Crippen molar-refractivity contribution >= 4 is 10.0 Å². The van der Waals surface area contributed by atoms with Crippen molar-refractivity contribution in [3.63, 3.8) is 0 Å². The molecule has 0 radical (unpaired) electrons. The summed E-state index contributed by atoms with van der Waals surface area (Å²) in [4.78, 5) is 0.403. The van der Waals surface area contributed by atoms with Crippen LogP contribution in [0.1, 0.15) is 6.42 Å². The zero-order valence-corrected chi connectivity index (χ0v) is 10.4. The number of sulfonamides is 1. The molecule has 5 heteroatoms. The van der Waals surface area contributed by atoms with Gasteiger partial charge in [-0.15, -0.1) is 0 Å². The predicted molar refractivity (Wildman–Crippen MR) is 65.1 cm³/mol. The van der Waals surface area contributed by atoms with E-state index in [1.807, 2.05) is 6.07 Å². The molecule has 2 atom stereocenters. The van der Waals surface area contributed by atoms with Gasteiger partial charge in [0.15, 0.2) is 0 Å². The highest BCUT2D eigenvalue weighted by Gasteiger charge is 2.41. The maximum absolute atomic E-state index is 12.4. The number of rotatable bonds is 2. The lowest BCUT2D eigenvalue weighted by Crippen LogP contribution is -2.33. The van der Waals surface area contributed by atoms with Crippen molar-refractivity contribution in [2.75, 3.05) is 19.6 Å². The fourth-order valence-corrected chi connectivity index (χ4v) is 4.29. The van der Waals surface area contributed by atoms with Crippen LogP contribution in [0.25, 0.3) is 0 Å². The van der Waals surface area contributed by atoms with Crippen molar-refractivity contribution in [2.24, 2.45) is 5.92 Å². The lowest BCUT2D eigenvalue weighted by molar-refractivity contribution is 0.448. The second-order valence-corrected chi connectivity index (χ2v) is 6.68. The molecular weight excluding hydrogens is 236 g/mol. The molecule has 0 unspecified atom stereocenters. The van der Waals surface area contributed by atoms with Crippen LogP contribution in [0.15, 0.2) is 35.2 Å². The van der Waals surface area contributed by atoms with E-state index in [1.165, 1.54) is 0 Å². The zero-order valence-electron chi connectivity index (χ0n) is 9.54. The van der Waals surface area contributed by atoms with Gasteiger partial charge < -0.3 is 5.32 Å². The van der Waals surface area contributed by atoms with Crippen LogP contribution in [-0.4, -0.2) is 38.4 Å². The molecule has 0 aliphatic carbocycles. The van der Waals surface area contributed by atoms with E-state index in [9.17, 15) is 8.42 Å². The Morgan fingerprint density at radius 3 is 2.65 bits per heavy atom. The first kappa shape index (κ1) is 11.2. The van der Waals surface area contributed by atoms with E-state index in [0.29, 0.717) is 29.9 Å². The van der Waals surface area contributed by atoms with Gasteiger partial charge in [-0.1, -0.05) is 18.2 Å². The third-order valence-corrected chi connectivity index (χ3v) is 5.56. The highest BCUT2D eigenvalue weighted by Crippen LogP contribution is 2.29. The SMILES string of the molecule is O=S(=O)(c1ccccc1)N1C[C@@H]2CCN[C@@H]2C1. The van der Waals surface area contributed by atoms with Crippen LogP contribution in [-0.2, 0) is 10.0 Å². The standard InChI is InChI=1S/C12H16N2O2S/c15-17(16,11-4-2-1-3-5-11)14-8-10-6-7-13-12(10)9-14/h1-5,10,12-13H,6-9H2/t10-,12+/m0/s1. The molecule has 4 nitrogen and oxygen atoms in total. The molecule has 0 saturated carbocycles. The summed E-state index contributed by atoms with van der Waals surface area (Å²) in [5.41, 5.74) is 0. The van der Waals surface area contributed by atoms with Crippen LogP contribution in [0.4, 0.5) is 0 Å². The molecule has 0 amide bonds. The van der Waals surface area contributed by atoms with Crippen molar-refractivity contribution in [3.8, 4) is 0 Å². The van der Waals surface area contributed by atoms with Crippen molar-refractivity contribution in [1.82, 2.24) is 9.62 Å². The van der Waals surface area contributed by atoms with Gasteiger partial charge in [0.1, 0.15) is 0 Å². The normalized spacial score (nSPS) is 29.4. The largest absolute Gasteiger partial charge is 0.312 e. The molecule has 2 saturated heterocycles. The van der Waals surface area contributed by atoms with E-state index < -0.39 is 10.0 Å². The second kappa shape index (κ2) is 4.08. The number of nitrogens with zero attached hydrogens (tertiary/aromatic N) is 1. The van der Waals surface area contributed by atoms with Crippen LogP contribution >= 0.6 is 0 Å². The minimum absolute atomic E-state index is 0.355. The van der Waals surface area contributed by atoms with Gasteiger partial charge in [0, 0.05) is 19.1 Å². The van der Waals surface area contributed by atoms with Crippen LogP contribution < -0.4 is 5.32 Å². The molecule has 2 heterocycles. The smallest absolute Gasteiger partial charge is 0.243 e. The molecule has 1 aromatic rings. The fraction of sp³-hybridized carbons (Fsp3) is 0.500. The molecule has 2 fully saturated rings. The number of hydrogen-bond acceptors (Lipinski definition) is 3. The molecule has 2 aliphatic rings. The highest BCUT2D eigenvalue weighted by molar-refractivity contribution is 7.89. The minimum atomic E-state index is -3.29. The summed E-state index contributed by atoms with van der Waals surface area (Å²) in [5, 5.41) is 3.37. The molecule has 92 valence electrons. The molecule has 2 aliphatic heterocycles. The average Bonchev–Trinajstić information content (AvgIpc) is 2.90. The summed E-state index contributed by atoms with van der Waals surface area (Å²) in [6, 6.07) is 9.05. The Hall–Kier alpha value is -0.910. The molecule has 0 bridgehead atoms. The fourth-order valence-electron chi connectivity index (χ4n) is 2.75. The Morgan fingerprint density at radius 1 is 1.18 bits per heavy atom. The molecule has 17 heavy (non-hydrogen) atoms. The van der Waals surface area contributed by atoms with Crippen LogP contribution in [0, 0.1) is 5.92 Å². The Balaban J connectivity index is 1.86. The second-order valence-electron chi connectivity index (χ2n) is 4.74. The van der Waals surface area contributed by atoms with Gasteiger partial charge in [-0.3, -0.25) is 0 Å². The van der Waals surface area contributed by atoms with Gasteiger partial charge in [-0.05, 0) is 31.0 Å². The molecule has 0 spiro atoms. The van der Waals surface area contributed by atoms with Gasteiger partial charge in [-0.2, -0.15) is 4.31 Å². The monoisotopic (exact) mass is 252 g/mol. The molecule has 0 aromatic heterocycles. The summed E-state index contributed by atoms with van der Waals surface area (Å²) in [5.74, 6) is 0.494. The summed E-state index contributed by atoms with van der Waals surface area (Å²) < 4.78 is 26.3. The molecular formula is C12H16N2O2S. The predicted octanol–water partition coefficient (Wildman–Crippen LogP) is 0.669. The van der Waals surface area contributed by atoms with E-state index in [0.717, 1.165) is 13.0 Å². The first-order chi connectivity index (χ1) is 8.18. The molecule has 1 aromatic carbocycles. The Labute approximate surface area is 102 Å². The number of hydrogen-bond donors (Lipinski definition) is 1. The first-order valence-electron chi connectivity index (χ1n) is 5.96. The van der Waals surface area contributed by atoms with Gasteiger partial charge in [0.05, 0.1) is 4.90 Å². The molecule has 1 N–H and O–H groups in total. The van der Waals surface area contributed by atoms with Gasteiger partial charge in [0.2, 0.25) is 10.0 Å². The van der Waals surface area contributed by atoms with Crippen LogP contribution in [0.2, 0.25) is 0 Å². The average molecular weight is 252 g/mol. The maximum atomic E-state index is 12.4. The molecule has 3 rings (SSSR count). The number of fused-ring (bicyclic) bond motifs is 1. The maximum Gasteiger partial charge on any atom is 0.243 e. The summed E-state index contributed by atoms with van der Waals surface area (Å²) >= 11 is 0. The lowest BCUT2D eigenvalue weighted by Gasteiger charge is -2.17. The number of nitrogens with one attached hydrogen (secondary N) is 1. The Bertz CT molecular complexity index is 488. The van der Waals surface area contributed by atoms with Crippen LogP contribution in [0.5, 0.6) is 0 Å². The van der Waals surface area contributed by atoms with E-state index >= 15 is 0 Å². The van der Waals surface area contributed by atoms with E-state index in [-0.39, 0.29) is 0 Å². The Kier molecular flexibility index (Phi) is 2.69. The Morgan fingerprint density at radius 2 is 1.94 bits per heavy atom. The van der Waals surface area contributed by atoms with E-state index in [1.54, 1.807) is 28.6 Å². The van der Waals surface area contributed by atoms with Crippen molar-refractivity contribution < 1.29 is 8.42 Å². The van der Waals surface area contributed by atoms with Crippen molar-refractivity contribution in [2.45, 2.75) is 17.4 Å². The lowest BCUT2D eigenvalue weighted by atomic mass is 10.1. The van der Waals surface area contributed by atoms with Gasteiger partial charge >= 0.3 is 0 Å². The number of benzene rings is 1. The van der Waals surface area contributed by atoms with Gasteiger partial charge in [0.25, 0.3) is 0 Å². The summed E-state index contributed by atoms with van der Waals surface area (Å²) in [7, 11) is -3.29. The third kappa shape index (κ3) is 1.88. The van der Waals surface area contributed by atoms with Crippen LogP contribution in [0.3, 0.4) is 0 Å². The summed E-state index contributed by atoms with van der Waals surface area (Å²) in [6.45, 7) is 2.30. The first-order valence-corrected chi connectivity index (χ1v) is 7.40. The van der Waals surface area contributed by atoms with E-state index in [2.05, 4.69) is 5.32 Å². The third-order valence-electron chi connectivity index (χ3n) is 3.71. The topological polar surface area (TPSA) is 49.4 Å². The van der Waals surface area contributed by atoms with Crippen molar-refractivity contribution in [3.05, 3.63) is 30.3 Å². The van der Waals surface area contributed by atoms with Crippen molar-refractivity contribution in [1.29, 1.82) is 0 Å². The minimum Gasteiger partial charge on any atom is -0.312 e. The van der Waals surface area contributed by atoms with E-state index in [4.69, 9.17) is 0 Å². The van der Waals surface area contributed by atoms with Gasteiger partial charge in [-0.25, -0.2) is 8.42 Å². The quantitative estimate of drug-likeness (QED) is 0.841. The summed E-state index contributed by atoms with van der Waals surface area (Å²) in [6.07, 6.45) is 1.09. The zero-order chi connectivity index (χ0) is 11.9.